The zero-order valence-electron chi connectivity index (χ0n) is 11.9. The van der Waals surface area contributed by atoms with Gasteiger partial charge in [0.05, 0.1) is 17.9 Å². The third-order valence-corrected chi connectivity index (χ3v) is 5.18. The molecule has 0 aromatic carbocycles. The molecule has 0 aliphatic heterocycles. The van der Waals surface area contributed by atoms with Crippen molar-refractivity contribution in [2.75, 3.05) is 30.5 Å². The highest BCUT2D eigenvalue weighted by Gasteiger charge is 2.36. The van der Waals surface area contributed by atoms with E-state index in [1.165, 1.54) is 19.3 Å². The van der Waals surface area contributed by atoms with Gasteiger partial charge in [-0.05, 0) is 32.1 Å². The molecule has 1 fully saturated rings. The van der Waals surface area contributed by atoms with Gasteiger partial charge in [-0.15, -0.1) is 0 Å². The highest BCUT2D eigenvalue weighted by atomic mass is 32.2. The van der Waals surface area contributed by atoms with Crippen LogP contribution in [0.3, 0.4) is 0 Å². The number of carbonyl (C=O) groups is 1. The Balaban J connectivity index is 2.08. The topological polar surface area (TPSA) is 77.2 Å². The van der Waals surface area contributed by atoms with E-state index < -0.39 is 5.97 Å². The molecule has 110 valence electrons. The molecule has 20 heavy (non-hydrogen) atoms. The Hall–Kier alpha value is -1.43. The van der Waals surface area contributed by atoms with Crippen LogP contribution >= 0.6 is 11.8 Å². The van der Waals surface area contributed by atoms with Crippen molar-refractivity contribution in [1.29, 1.82) is 0 Å². The summed E-state index contributed by atoms with van der Waals surface area (Å²) in [7, 11) is 0. The monoisotopic (exact) mass is 295 g/mol. The first-order valence-electron chi connectivity index (χ1n) is 6.82. The highest BCUT2D eigenvalue weighted by Crippen LogP contribution is 2.42. The van der Waals surface area contributed by atoms with Crippen LogP contribution in [0.2, 0.25) is 0 Å². The van der Waals surface area contributed by atoms with E-state index in [2.05, 4.69) is 16.6 Å². The van der Waals surface area contributed by atoms with E-state index in [4.69, 9.17) is 10.5 Å². The van der Waals surface area contributed by atoms with Crippen LogP contribution in [0.5, 0.6) is 0 Å². The van der Waals surface area contributed by atoms with Gasteiger partial charge in [-0.1, -0.05) is 6.42 Å². The van der Waals surface area contributed by atoms with Crippen LogP contribution in [0.15, 0.2) is 12.3 Å². The summed E-state index contributed by atoms with van der Waals surface area (Å²) in [5.74, 6) is 0.162. The molecular weight excluding hydrogens is 274 g/mol. The fourth-order valence-corrected chi connectivity index (χ4v) is 3.18. The smallest absolute Gasteiger partial charge is 0.340 e. The summed E-state index contributed by atoms with van der Waals surface area (Å²) in [5, 5.41) is 3.28. The molecule has 2 rings (SSSR count). The van der Waals surface area contributed by atoms with Gasteiger partial charge in [0.15, 0.2) is 0 Å². The van der Waals surface area contributed by atoms with Crippen molar-refractivity contribution in [2.45, 2.75) is 30.9 Å². The maximum Gasteiger partial charge on any atom is 0.340 e. The summed E-state index contributed by atoms with van der Waals surface area (Å²) in [5.41, 5.74) is 6.75. The number of thioether (sulfide) groups is 1. The fraction of sp³-hybridized carbons (Fsp3) is 0.571. The Bertz CT molecular complexity index is 484. The largest absolute Gasteiger partial charge is 0.462 e. The van der Waals surface area contributed by atoms with Gasteiger partial charge in [-0.2, -0.15) is 11.8 Å². The Morgan fingerprint density at radius 2 is 2.35 bits per heavy atom. The zero-order valence-corrected chi connectivity index (χ0v) is 12.8. The number of nitrogens with one attached hydrogen (secondary N) is 1. The quantitative estimate of drug-likeness (QED) is 0.785. The number of nitrogen functional groups attached to an aromatic ring is 1. The van der Waals surface area contributed by atoms with E-state index in [9.17, 15) is 4.79 Å². The van der Waals surface area contributed by atoms with E-state index >= 15 is 0 Å². The Kier molecular flexibility index (Phi) is 4.75. The number of aromatic nitrogens is 1. The van der Waals surface area contributed by atoms with Crippen molar-refractivity contribution in [3.05, 3.63) is 17.8 Å². The molecule has 0 radical (unpaired) electrons. The third kappa shape index (κ3) is 3.00. The number of esters is 1. The van der Waals surface area contributed by atoms with E-state index in [1.54, 1.807) is 19.2 Å². The lowest BCUT2D eigenvalue weighted by molar-refractivity contribution is 0.0527. The van der Waals surface area contributed by atoms with Gasteiger partial charge in [0.2, 0.25) is 0 Å². The molecule has 1 aromatic rings. The van der Waals surface area contributed by atoms with Gasteiger partial charge in [-0.25, -0.2) is 9.78 Å². The van der Waals surface area contributed by atoms with Gasteiger partial charge in [0, 0.05) is 17.5 Å². The molecule has 1 aliphatic carbocycles. The number of hydrogen-bond donors (Lipinski definition) is 2. The van der Waals surface area contributed by atoms with Gasteiger partial charge >= 0.3 is 5.97 Å². The second kappa shape index (κ2) is 6.35. The first-order chi connectivity index (χ1) is 9.62. The third-order valence-electron chi connectivity index (χ3n) is 3.76. The summed E-state index contributed by atoms with van der Waals surface area (Å²) in [6, 6.07) is 1.59. The number of rotatable bonds is 6. The number of nitrogens with two attached hydrogens (primary N) is 1. The number of anilines is 2. The van der Waals surface area contributed by atoms with Crippen LogP contribution in [0.1, 0.15) is 36.5 Å². The highest BCUT2D eigenvalue weighted by molar-refractivity contribution is 8.00. The molecule has 0 amide bonds. The molecule has 1 aliphatic rings. The lowest BCUT2D eigenvalue weighted by Crippen LogP contribution is -2.40. The molecule has 0 spiro atoms. The van der Waals surface area contributed by atoms with Crippen molar-refractivity contribution in [3.63, 3.8) is 0 Å². The standard InChI is InChI=1S/C14H21N3O2S/c1-3-19-13(18)10-5-8-16-12(11(10)15)17-9-14(20-2)6-4-7-14/h5,8H,3-4,6-7,9,15H2,1-2H3,(H,16,17). The molecule has 0 bridgehead atoms. The van der Waals surface area contributed by atoms with Crippen LogP contribution in [0, 0.1) is 0 Å². The number of hydrogen-bond acceptors (Lipinski definition) is 6. The predicted molar refractivity (Wildman–Crippen MR) is 83.2 cm³/mol. The normalized spacial score (nSPS) is 16.3. The Labute approximate surface area is 123 Å². The minimum Gasteiger partial charge on any atom is -0.462 e. The lowest BCUT2D eigenvalue weighted by Gasteiger charge is -2.40. The molecule has 0 unspecified atom stereocenters. The second-order valence-electron chi connectivity index (χ2n) is 4.94. The van der Waals surface area contributed by atoms with Crippen molar-refractivity contribution >= 4 is 29.2 Å². The predicted octanol–water partition coefficient (Wildman–Crippen LogP) is 2.54. The van der Waals surface area contributed by atoms with Crippen molar-refractivity contribution in [2.24, 2.45) is 0 Å². The summed E-state index contributed by atoms with van der Waals surface area (Å²) < 4.78 is 5.27. The maximum atomic E-state index is 11.8. The number of ether oxygens (including phenoxy) is 1. The summed E-state index contributed by atoms with van der Waals surface area (Å²) in [6.45, 7) is 2.92. The SMILES string of the molecule is CCOC(=O)c1ccnc(NCC2(SC)CCC2)c1N. The molecule has 1 heterocycles. The van der Waals surface area contributed by atoms with Crippen molar-refractivity contribution < 1.29 is 9.53 Å². The van der Waals surface area contributed by atoms with Crippen molar-refractivity contribution in [3.8, 4) is 0 Å². The lowest BCUT2D eigenvalue weighted by atomic mass is 9.84. The number of carbonyl (C=O) groups excluding carboxylic acids is 1. The maximum absolute atomic E-state index is 11.8. The molecule has 1 saturated carbocycles. The van der Waals surface area contributed by atoms with Crippen LogP contribution in [0.25, 0.3) is 0 Å². The molecule has 3 N–H and O–H groups in total. The summed E-state index contributed by atoms with van der Waals surface area (Å²) >= 11 is 1.88. The van der Waals surface area contributed by atoms with E-state index in [0.717, 1.165) is 6.54 Å². The number of nitrogens with zero attached hydrogens (tertiary/aromatic N) is 1. The van der Waals surface area contributed by atoms with Crippen LogP contribution in [-0.2, 0) is 4.74 Å². The number of pyridine rings is 1. The Morgan fingerprint density at radius 1 is 1.60 bits per heavy atom. The van der Waals surface area contributed by atoms with E-state index in [-0.39, 0.29) is 4.75 Å². The van der Waals surface area contributed by atoms with Crippen LogP contribution in [-0.4, -0.2) is 35.1 Å². The van der Waals surface area contributed by atoms with Gasteiger partial charge in [0.25, 0.3) is 0 Å². The van der Waals surface area contributed by atoms with Crippen LogP contribution in [0.4, 0.5) is 11.5 Å². The Morgan fingerprint density at radius 3 is 2.90 bits per heavy atom. The molecule has 5 nitrogen and oxygen atoms in total. The average molecular weight is 295 g/mol. The van der Waals surface area contributed by atoms with Gasteiger partial charge in [-0.3, -0.25) is 0 Å². The molecule has 0 saturated heterocycles. The molecular formula is C14H21N3O2S. The molecule has 6 heteroatoms. The molecule has 0 atom stereocenters. The van der Waals surface area contributed by atoms with Crippen molar-refractivity contribution in [1.82, 2.24) is 4.98 Å². The zero-order chi connectivity index (χ0) is 14.6. The second-order valence-corrected chi connectivity index (χ2v) is 6.21. The van der Waals surface area contributed by atoms with E-state index in [1.807, 2.05) is 11.8 Å². The first kappa shape index (κ1) is 15.0. The van der Waals surface area contributed by atoms with Crippen LogP contribution < -0.4 is 11.1 Å². The fourth-order valence-electron chi connectivity index (χ4n) is 2.27. The van der Waals surface area contributed by atoms with Gasteiger partial charge in [0.1, 0.15) is 5.82 Å². The van der Waals surface area contributed by atoms with E-state index in [0.29, 0.717) is 23.7 Å². The summed E-state index contributed by atoms with van der Waals surface area (Å²) in [4.78, 5) is 16.0. The minimum atomic E-state index is -0.404. The average Bonchev–Trinajstić information content (AvgIpc) is 2.40. The molecule has 1 aromatic heterocycles. The summed E-state index contributed by atoms with van der Waals surface area (Å²) in [6.07, 6.45) is 7.40. The van der Waals surface area contributed by atoms with Gasteiger partial charge < -0.3 is 15.8 Å². The minimum absolute atomic E-state index is 0.286. The first-order valence-corrected chi connectivity index (χ1v) is 8.05.